The lowest BCUT2D eigenvalue weighted by Crippen LogP contribution is -2.16. The third-order valence-electron chi connectivity index (χ3n) is 12.6. The molecule has 9 rings (SSSR count). The molecule has 0 aliphatic carbocycles. The summed E-state index contributed by atoms with van der Waals surface area (Å²) in [5.41, 5.74) is 0.411. The molecule has 0 saturated heterocycles. The van der Waals surface area contributed by atoms with Crippen LogP contribution in [0.1, 0.15) is 157 Å². The lowest BCUT2D eigenvalue weighted by Gasteiger charge is -2.09. The maximum Gasteiger partial charge on any atom is 0.115 e. The topological polar surface area (TPSA) is 472 Å². The molecule has 108 heavy (non-hydrogen) atoms. The van der Waals surface area contributed by atoms with Crippen LogP contribution in [0.2, 0.25) is 0 Å². The van der Waals surface area contributed by atoms with Gasteiger partial charge in [0.2, 0.25) is 0 Å². The zero-order valence-corrected chi connectivity index (χ0v) is 57.8. The molecule has 0 bridgehead atoms. The molecule has 0 amide bonds. The number of benzene rings is 9. The summed E-state index contributed by atoms with van der Waals surface area (Å²) in [4.78, 5) is 0. The zero-order chi connectivity index (χ0) is 114. The number of phenolic OH excluding ortho intramolecular Hbond substituents is 9. The molecule has 0 aliphatic rings. The molecular weight excluding hydrogens is 1390 g/mol. The minimum Gasteiger partial charge on any atom is -0.508 e. The highest BCUT2D eigenvalue weighted by Gasteiger charge is 2.13. The average Bonchev–Trinajstić information content (AvgIpc) is 0.773. The molecule has 9 aromatic rings. The predicted octanol–water partition coefficient (Wildman–Crippen LogP) is 5.81. The Morgan fingerprint density at radius 2 is 0.398 bits per heavy atom. The second-order valence-corrected chi connectivity index (χ2v) is 20.7. The van der Waals surface area contributed by atoms with E-state index in [1.165, 1.54) is 195 Å². The van der Waals surface area contributed by atoms with Crippen LogP contribution in [0.4, 0.5) is 0 Å². The summed E-state index contributed by atoms with van der Waals surface area (Å²) in [6, 6.07) is 48.3. The summed E-state index contributed by atoms with van der Waals surface area (Å²) in [6.07, 6.45) is -19.5. The molecular formula is C81H117N9O18. The largest absolute Gasteiger partial charge is 0.508 e. The van der Waals surface area contributed by atoms with Crippen molar-refractivity contribution in [2.75, 3.05) is 122 Å². The summed E-state index contributed by atoms with van der Waals surface area (Å²) in [5.74, 6) is -1.11. The first-order chi connectivity index (χ1) is 65.6. The first-order valence-corrected chi connectivity index (χ1v) is 31.0. The summed E-state index contributed by atoms with van der Waals surface area (Å²) in [6.45, 7) is -32.8. The van der Waals surface area contributed by atoms with Gasteiger partial charge in [-0.1, -0.05) is 109 Å². The van der Waals surface area contributed by atoms with Crippen molar-refractivity contribution in [3.05, 3.63) is 268 Å². The molecule has 9 atom stereocenters. The second-order valence-electron chi connectivity index (χ2n) is 20.7. The molecule has 0 fully saturated rings. The Balaban J connectivity index is 0.000000822. The van der Waals surface area contributed by atoms with Crippen molar-refractivity contribution in [1.82, 2.24) is 47.9 Å². The molecule has 0 spiro atoms. The van der Waals surface area contributed by atoms with Gasteiger partial charge < -0.3 is 140 Å². The van der Waals surface area contributed by atoms with Gasteiger partial charge in [0.15, 0.2) is 0 Å². The maximum absolute atomic E-state index is 9.87. The lowest BCUT2D eigenvalue weighted by atomic mass is 10.1. The van der Waals surface area contributed by atoms with Gasteiger partial charge in [-0.25, -0.2) is 0 Å². The van der Waals surface area contributed by atoms with Gasteiger partial charge in [-0.2, -0.15) is 0 Å². The molecule has 27 N–H and O–H groups in total. The highest BCUT2D eigenvalue weighted by atomic mass is 16.3. The Kier molecular flexibility index (Phi) is 26.8. The van der Waals surface area contributed by atoms with Crippen LogP contribution in [0.15, 0.2) is 218 Å². The minimum absolute atomic E-state index is 0.0122. The Morgan fingerprint density at radius 3 is 0.583 bits per heavy atom. The van der Waals surface area contributed by atoms with E-state index in [0.29, 0.717) is 5.56 Å². The normalized spacial score (nSPS) is 21.5. The molecule has 594 valence electrons. The maximum atomic E-state index is 9.87. The highest BCUT2D eigenvalue weighted by molar-refractivity contribution is 5.35. The Bertz CT molecular complexity index is 5140. The molecule has 0 aromatic heterocycles. The summed E-state index contributed by atoms with van der Waals surface area (Å²) >= 11 is 0. The van der Waals surface area contributed by atoms with Crippen molar-refractivity contribution < 1.29 is 144 Å². The van der Waals surface area contributed by atoms with Crippen LogP contribution in [-0.2, 0) is 0 Å². The minimum atomic E-state index is -2.92. The lowest BCUT2D eigenvalue weighted by molar-refractivity contribution is 0.177. The summed E-state index contributed by atoms with van der Waals surface area (Å²) in [5, 5.41) is 188. The molecule has 9 aromatic carbocycles. The number of aliphatic hydroxyl groups is 9. The van der Waals surface area contributed by atoms with Gasteiger partial charge in [0, 0.05) is 101 Å². The highest BCUT2D eigenvalue weighted by Crippen LogP contribution is 2.24. The van der Waals surface area contributed by atoms with E-state index in [9.17, 15) is 86.8 Å². The van der Waals surface area contributed by atoms with Crippen LogP contribution in [0.5, 0.6) is 51.7 Å². The van der Waals surface area contributed by atoms with Crippen molar-refractivity contribution in [3.63, 3.8) is 0 Å². The standard InChI is InChI=1S/9C9H13NO2/c9*1-10-6-9(12)7-3-2-4-8(11)5-7/h9*2-5,9-12H,6H2,1H3/t5*9-;;;;/m11000..../s1/i1D3,9D;9D;1D3,6D2,9D;1D3,9D;1D3,6D2;1D3,6D2,9D;6D2,9D;1D3,9D;1D3,6D2. The van der Waals surface area contributed by atoms with Gasteiger partial charge in [-0.3, -0.25) is 0 Å². The van der Waals surface area contributed by atoms with E-state index in [1.54, 1.807) is 40.4 Å². The SMILES string of the molecule is [2H]C([2H])(NC)C([2H])(O)c1cccc(O)c1.[2H]C([2H])([2H])NC([2H])([2H])C(O)c1cccc(O)c1.[2H]C([2H])([2H])NC([2H])([2H])C([2H])(O)c1cccc(O)c1.[2H]C([2H])([2H])NC([2H])([2H])[C@H](O)c1cccc(O)c1.[2H]C([2H])([2H])NC([2H])([2H])[C@]([2H])(O)c1cccc(O)c1.[2H]C([2H])([2H])NCC([2H])(O)c1cccc(O)c1.[2H]C([2H])([2H])NC[C@@]([2H])(O)c1cccc(O)c1.[2H]C([2H])([2H])NC[C@]([2H])(O)c1cccc(O)c1.[2H][C@@](O)(CNC)c1cccc(O)c1. The van der Waals surface area contributed by atoms with Crippen LogP contribution in [0.25, 0.3) is 0 Å². The van der Waals surface area contributed by atoms with Crippen LogP contribution in [-0.4, -0.2) is 214 Å². The predicted molar refractivity (Wildman–Crippen MR) is 423 cm³/mol. The fourth-order valence-electron chi connectivity index (χ4n) is 7.67. The van der Waals surface area contributed by atoms with E-state index in [0.717, 1.165) is 18.2 Å². The second kappa shape index (κ2) is 57.6. The van der Waals surface area contributed by atoms with E-state index in [2.05, 4.69) is 26.6 Å². The number of nitrogens with one attached hydrogen (secondary N) is 9. The van der Waals surface area contributed by atoms with E-state index in [4.69, 9.17) is 57.2 Å². The van der Waals surface area contributed by atoms with Crippen molar-refractivity contribution in [1.29, 1.82) is 0 Å². The summed E-state index contributed by atoms with van der Waals surface area (Å²) in [7, 11) is 2.96. The number of likely N-dealkylation sites (N-methyl/N-ethyl adjacent to an activating group) is 9. The van der Waals surface area contributed by atoms with E-state index in [-0.39, 0.29) is 103 Å². The van der Waals surface area contributed by atoms with Gasteiger partial charge in [0.25, 0.3) is 0 Å². The van der Waals surface area contributed by atoms with Crippen LogP contribution in [0.3, 0.4) is 0 Å². The van der Waals surface area contributed by atoms with Gasteiger partial charge in [-0.05, 0) is 222 Å². The molecule has 27 heteroatoms. The number of rotatable bonds is 27. The van der Waals surface area contributed by atoms with Crippen LogP contribution >= 0.6 is 0 Å². The van der Waals surface area contributed by atoms with Crippen molar-refractivity contribution in [3.8, 4) is 51.7 Å². The average molecular weight is 1540 g/mol. The van der Waals surface area contributed by atoms with Crippen LogP contribution < -0.4 is 47.9 Å². The quantitative estimate of drug-likeness (QED) is 0.0289. The first kappa shape index (κ1) is 50.2. The third kappa shape index (κ3) is 42.7. The summed E-state index contributed by atoms with van der Waals surface area (Å²) < 4.78 is 273. The van der Waals surface area contributed by atoms with Gasteiger partial charge in [0.05, 0.1) is 64.4 Å². The zero-order valence-electron chi connectivity index (χ0n) is 95.8. The molecule has 0 radical (unpaired) electrons. The smallest absolute Gasteiger partial charge is 0.115 e. The number of aromatic hydroxyl groups is 9. The van der Waals surface area contributed by atoms with Crippen LogP contribution in [0, 0.1) is 0 Å². The fraction of sp³-hybridized carbons (Fsp3) is 0.333. The van der Waals surface area contributed by atoms with Gasteiger partial charge >= 0.3 is 0 Å². The number of hydrogen-bond acceptors (Lipinski definition) is 27. The molecule has 0 aliphatic heterocycles. The Morgan fingerprint density at radius 1 is 0.231 bits per heavy atom. The van der Waals surface area contributed by atoms with E-state index >= 15 is 0 Å². The number of aliphatic hydroxyl groups excluding tert-OH is 2. The third-order valence-corrected chi connectivity index (χ3v) is 12.6. The van der Waals surface area contributed by atoms with E-state index in [1.807, 2.05) is 0 Å². The van der Waals surface area contributed by atoms with Gasteiger partial charge in [-0.15, -0.1) is 0 Å². The van der Waals surface area contributed by atoms with Crippen molar-refractivity contribution in [2.45, 2.75) is 54.8 Å². The van der Waals surface area contributed by atoms with E-state index < -0.39 is 156 Å². The number of phenols is 9. The fourth-order valence-corrected chi connectivity index (χ4v) is 7.67. The Labute approximate surface area is 687 Å². The first-order valence-electron chi connectivity index (χ1n) is 50.0. The number of hydrogen-bond donors (Lipinski definition) is 27. The van der Waals surface area contributed by atoms with Crippen molar-refractivity contribution >= 4 is 0 Å². The molecule has 0 saturated carbocycles. The monoisotopic (exact) mass is 1540 g/mol. The Hall–Kier alpha value is -9.54. The van der Waals surface area contributed by atoms with Gasteiger partial charge in [0.1, 0.15) is 51.7 Å². The van der Waals surface area contributed by atoms with Crippen molar-refractivity contribution in [2.24, 2.45) is 0 Å². The molecule has 0 heterocycles. The molecule has 4 unspecified atom stereocenters. The molecule has 27 nitrogen and oxygen atoms in total.